The number of aliphatic hydroxyl groups excluding tert-OH is 1. The summed E-state index contributed by atoms with van der Waals surface area (Å²) in [7, 11) is 0. The zero-order chi connectivity index (χ0) is 27.8. The van der Waals surface area contributed by atoms with Gasteiger partial charge in [-0.2, -0.15) is 0 Å². The fraction of sp³-hybridized carbons (Fsp3) is 0.407. The van der Waals surface area contributed by atoms with Crippen molar-refractivity contribution < 1.29 is 29.4 Å². The second kappa shape index (κ2) is 13.0. The van der Waals surface area contributed by atoms with E-state index in [4.69, 9.17) is 11.5 Å². The predicted molar refractivity (Wildman–Crippen MR) is 139 cm³/mol. The number of aliphatic hydroxyl groups is 1. The first-order valence-electron chi connectivity index (χ1n) is 12.5. The highest BCUT2D eigenvalue weighted by Gasteiger charge is 2.38. The Hall–Kier alpha value is -3.96. The van der Waals surface area contributed by atoms with Crippen molar-refractivity contribution in [1.29, 1.82) is 0 Å². The predicted octanol–water partition coefficient (Wildman–Crippen LogP) is -0.669. The van der Waals surface area contributed by atoms with Crippen molar-refractivity contribution >= 4 is 23.6 Å². The summed E-state index contributed by atoms with van der Waals surface area (Å²) in [6, 6.07) is 11.2. The van der Waals surface area contributed by atoms with Crippen LogP contribution in [0.5, 0.6) is 5.75 Å². The highest BCUT2D eigenvalue weighted by atomic mass is 16.3. The minimum atomic E-state index is -1.33. The normalized spacial score (nSPS) is 18.2. The van der Waals surface area contributed by atoms with Crippen LogP contribution in [0.15, 0.2) is 54.6 Å². The topological polar surface area (TPSA) is 188 Å². The molecule has 0 bridgehead atoms. The van der Waals surface area contributed by atoms with E-state index in [-0.39, 0.29) is 24.5 Å². The monoisotopic (exact) mass is 525 g/mol. The minimum absolute atomic E-state index is 0.106. The first-order chi connectivity index (χ1) is 18.1. The van der Waals surface area contributed by atoms with Crippen molar-refractivity contribution in [3.05, 3.63) is 65.7 Å². The van der Waals surface area contributed by atoms with Crippen LogP contribution in [0.3, 0.4) is 0 Å². The van der Waals surface area contributed by atoms with Crippen molar-refractivity contribution in [2.75, 3.05) is 6.54 Å². The van der Waals surface area contributed by atoms with Crippen LogP contribution < -0.4 is 22.1 Å². The summed E-state index contributed by atoms with van der Waals surface area (Å²) in [5.74, 6) is -2.39. The van der Waals surface area contributed by atoms with Gasteiger partial charge in [0.05, 0.1) is 12.1 Å². The van der Waals surface area contributed by atoms with Gasteiger partial charge in [0.15, 0.2) is 0 Å². The first-order valence-corrected chi connectivity index (χ1v) is 12.5. The van der Waals surface area contributed by atoms with Crippen molar-refractivity contribution in [1.82, 2.24) is 15.5 Å². The molecule has 5 atom stereocenters. The molecule has 4 amide bonds. The number of aromatic hydroxyl groups is 1. The maximum atomic E-state index is 13.3. The Bertz CT molecular complexity index is 1120. The number of likely N-dealkylation sites (tertiary alicyclic amines) is 1. The smallest absolute Gasteiger partial charge is 0.243 e. The molecule has 204 valence electrons. The van der Waals surface area contributed by atoms with Crippen LogP contribution in [0, 0.1) is 0 Å². The Labute approximate surface area is 221 Å². The number of nitrogens with zero attached hydrogens (tertiary/aromatic N) is 1. The van der Waals surface area contributed by atoms with Crippen LogP contribution in [0.2, 0.25) is 0 Å². The lowest BCUT2D eigenvalue weighted by molar-refractivity contribution is -0.140. The van der Waals surface area contributed by atoms with Crippen molar-refractivity contribution in [2.24, 2.45) is 11.5 Å². The quantitative estimate of drug-likeness (QED) is 0.224. The second-order valence-corrected chi connectivity index (χ2v) is 9.55. The molecule has 11 nitrogen and oxygen atoms in total. The summed E-state index contributed by atoms with van der Waals surface area (Å²) < 4.78 is 0. The molecule has 38 heavy (non-hydrogen) atoms. The van der Waals surface area contributed by atoms with E-state index in [9.17, 15) is 29.4 Å². The van der Waals surface area contributed by atoms with Crippen LogP contribution in [-0.2, 0) is 32.0 Å². The number of rotatable bonds is 11. The maximum absolute atomic E-state index is 13.3. The van der Waals surface area contributed by atoms with E-state index in [1.54, 1.807) is 36.4 Å². The number of amides is 4. The van der Waals surface area contributed by atoms with Gasteiger partial charge in [0, 0.05) is 13.0 Å². The average molecular weight is 526 g/mol. The molecular formula is C27H35N5O6. The lowest BCUT2D eigenvalue weighted by Gasteiger charge is -2.29. The number of phenols is 1. The molecule has 1 aliphatic heterocycles. The van der Waals surface area contributed by atoms with Crippen molar-refractivity contribution in [3.8, 4) is 5.75 Å². The third-order valence-corrected chi connectivity index (χ3v) is 6.55. The number of hydrogen-bond donors (Lipinski definition) is 6. The van der Waals surface area contributed by atoms with Gasteiger partial charge in [-0.3, -0.25) is 19.2 Å². The van der Waals surface area contributed by atoms with Gasteiger partial charge >= 0.3 is 0 Å². The summed E-state index contributed by atoms with van der Waals surface area (Å²) in [6.07, 6.45) is 0.113. The molecule has 2 aromatic rings. The van der Waals surface area contributed by atoms with E-state index in [1.807, 2.05) is 6.07 Å². The van der Waals surface area contributed by atoms with E-state index in [1.165, 1.54) is 24.0 Å². The molecule has 0 radical (unpaired) electrons. The number of nitrogens with one attached hydrogen (secondary N) is 2. The highest BCUT2D eigenvalue weighted by Crippen LogP contribution is 2.20. The second-order valence-electron chi connectivity index (χ2n) is 9.55. The van der Waals surface area contributed by atoms with E-state index in [0.717, 1.165) is 11.1 Å². The molecule has 0 unspecified atom stereocenters. The molecule has 0 saturated carbocycles. The third kappa shape index (κ3) is 7.53. The van der Waals surface area contributed by atoms with Gasteiger partial charge in [0.2, 0.25) is 23.6 Å². The third-order valence-electron chi connectivity index (χ3n) is 6.55. The SMILES string of the molecule is C[C@@H](O)[C@H](NC(=O)[C@H](Cc1ccccc1)NC(=O)[C@@H]1CCCN1C(=O)[C@@H](N)Cc1ccc(O)cc1)C(N)=O. The Morgan fingerprint density at radius 1 is 1.00 bits per heavy atom. The van der Waals surface area contributed by atoms with Crippen molar-refractivity contribution in [3.63, 3.8) is 0 Å². The molecular weight excluding hydrogens is 490 g/mol. The number of benzene rings is 2. The van der Waals surface area contributed by atoms with Crippen LogP contribution in [0.25, 0.3) is 0 Å². The van der Waals surface area contributed by atoms with Crippen molar-refractivity contribution in [2.45, 2.75) is 62.9 Å². The molecule has 0 aliphatic carbocycles. The van der Waals surface area contributed by atoms with Gasteiger partial charge in [-0.1, -0.05) is 42.5 Å². The molecule has 2 aromatic carbocycles. The Morgan fingerprint density at radius 3 is 2.24 bits per heavy atom. The van der Waals surface area contributed by atoms with Gasteiger partial charge in [-0.15, -0.1) is 0 Å². The van der Waals surface area contributed by atoms with Gasteiger partial charge in [-0.05, 0) is 49.4 Å². The largest absolute Gasteiger partial charge is 0.508 e. The lowest BCUT2D eigenvalue weighted by atomic mass is 10.0. The van der Waals surface area contributed by atoms with Crippen LogP contribution in [0.1, 0.15) is 30.9 Å². The zero-order valence-electron chi connectivity index (χ0n) is 21.2. The molecule has 0 spiro atoms. The van der Waals surface area contributed by atoms with E-state index in [2.05, 4.69) is 10.6 Å². The zero-order valence-corrected chi connectivity index (χ0v) is 21.2. The Kier molecular flexibility index (Phi) is 9.80. The number of primary amides is 1. The Balaban J connectivity index is 1.72. The molecule has 1 aliphatic rings. The molecule has 1 heterocycles. The van der Waals surface area contributed by atoms with E-state index >= 15 is 0 Å². The number of phenolic OH excluding ortho intramolecular Hbond substituents is 1. The Morgan fingerprint density at radius 2 is 1.63 bits per heavy atom. The number of hydrogen-bond acceptors (Lipinski definition) is 7. The van der Waals surface area contributed by atoms with Gasteiger partial charge in [0.25, 0.3) is 0 Å². The molecule has 1 saturated heterocycles. The van der Waals surface area contributed by atoms with Crippen LogP contribution in [0.4, 0.5) is 0 Å². The molecule has 0 aromatic heterocycles. The molecule has 8 N–H and O–H groups in total. The fourth-order valence-electron chi connectivity index (χ4n) is 4.50. The van der Waals surface area contributed by atoms with Crippen LogP contribution >= 0.6 is 0 Å². The number of nitrogens with two attached hydrogens (primary N) is 2. The van der Waals surface area contributed by atoms with E-state index < -0.39 is 48.0 Å². The van der Waals surface area contributed by atoms with Crippen LogP contribution in [-0.4, -0.2) is 75.6 Å². The first kappa shape index (κ1) is 28.6. The number of carbonyl (C=O) groups excluding carboxylic acids is 4. The summed E-state index contributed by atoms with van der Waals surface area (Å²) >= 11 is 0. The minimum Gasteiger partial charge on any atom is -0.508 e. The lowest BCUT2D eigenvalue weighted by Crippen LogP contribution is -2.59. The molecule has 1 fully saturated rings. The molecule has 3 rings (SSSR count). The van der Waals surface area contributed by atoms with Gasteiger partial charge in [0.1, 0.15) is 23.9 Å². The average Bonchev–Trinajstić information content (AvgIpc) is 3.38. The summed E-state index contributed by atoms with van der Waals surface area (Å²) in [6.45, 7) is 1.67. The van der Waals surface area contributed by atoms with E-state index in [0.29, 0.717) is 19.4 Å². The standard InChI is InChI=1S/C27H35N5O6/c1-16(33)23(24(29)35)31-25(36)21(15-17-6-3-2-4-7-17)30-26(37)22-8-5-13-32(22)27(38)20(28)14-18-9-11-19(34)12-10-18/h2-4,6-7,9-12,16,20-23,33-34H,5,8,13-15,28H2,1H3,(H2,29,35)(H,30,37)(H,31,36)/t16-,20+,21+,22+,23+/m1/s1. The highest BCUT2D eigenvalue weighted by molar-refractivity contribution is 5.95. The summed E-state index contributed by atoms with van der Waals surface area (Å²) in [5.41, 5.74) is 13.0. The molecule has 11 heteroatoms. The maximum Gasteiger partial charge on any atom is 0.243 e. The fourth-order valence-corrected chi connectivity index (χ4v) is 4.50. The van der Waals surface area contributed by atoms with Gasteiger partial charge in [-0.25, -0.2) is 0 Å². The van der Waals surface area contributed by atoms with Gasteiger partial charge < -0.3 is 37.2 Å². The summed E-state index contributed by atoms with van der Waals surface area (Å²) in [4.78, 5) is 52.7. The number of carbonyl (C=O) groups is 4. The summed E-state index contributed by atoms with van der Waals surface area (Å²) in [5, 5.41) is 24.5.